The van der Waals surface area contributed by atoms with Crippen molar-refractivity contribution in [3.05, 3.63) is 71.7 Å². The van der Waals surface area contributed by atoms with Gasteiger partial charge in [0.25, 0.3) is 5.91 Å². The number of carbonyl (C=O) groups is 1. The number of anilines is 1. The van der Waals surface area contributed by atoms with Gasteiger partial charge >= 0.3 is 0 Å². The summed E-state index contributed by atoms with van der Waals surface area (Å²) in [6.45, 7) is 5.15. The Hall–Kier alpha value is -3.19. The van der Waals surface area contributed by atoms with E-state index >= 15 is 0 Å². The Morgan fingerprint density at radius 2 is 1.90 bits per heavy atom. The molecule has 0 aliphatic carbocycles. The third-order valence-electron chi connectivity index (χ3n) is 4.97. The first-order valence-corrected chi connectivity index (χ1v) is 9.56. The fourth-order valence-electron chi connectivity index (χ4n) is 3.31. The lowest BCUT2D eigenvalue weighted by molar-refractivity contribution is 0.0902. The standard InChI is InChI=1S/C22H22FN3O3/c1-15(16-5-7-19(8-6-16)26-9-11-28-12-10-26)24-22(27)21-14-20(25-29-21)17-3-2-4-18(23)13-17/h2-8,13-15H,9-12H2,1H3,(H,24,27)/t15-/m0/s1. The minimum absolute atomic E-state index is 0.0843. The number of nitrogens with one attached hydrogen (secondary N) is 1. The third-order valence-corrected chi connectivity index (χ3v) is 4.97. The first-order chi connectivity index (χ1) is 14.1. The molecule has 2 heterocycles. The maximum atomic E-state index is 13.4. The van der Waals surface area contributed by atoms with E-state index in [9.17, 15) is 9.18 Å². The molecular formula is C22H22FN3O3. The molecule has 0 spiro atoms. The minimum Gasteiger partial charge on any atom is -0.378 e. The Morgan fingerprint density at radius 1 is 1.14 bits per heavy atom. The second kappa shape index (κ2) is 8.45. The molecule has 0 radical (unpaired) electrons. The lowest BCUT2D eigenvalue weighted by atomic mass is 10.1. The normalized spacial score (nSPS) is 15.2. The van der Waals surface area contributed by atoms with Gasteiger partial charge < -0.3 is 19.5 Å². The van der Waals surface area contributed by atoms with E-state index in [1.807, 2.05) is 19.1 Å². The summed E-state index contributed by atoms with van der Waals surface area (Å²) in [6.07, 6.45) is 0. The van der Waals surface area contributed by atoms with Gasteiger partial charge in [-0.1, -0.05) is 29.4 Å². The first kappa shape index (κ1) is 19.1. The zero-order chi connectivity index (χ0) is 20.2. The zero-order valence-electron chi connectivity index (χ0n) is 16.1. The van der Waals surface area contributed by atoms with Crippen molar-refractivity contribution in [2.45, 2.75) is 13.0 Å². The van der Waals surface area contributed by atoms with Crippen molar-refractivity contribution in [3.63, 3.8) is 0 Å². The van der Waals surface area contributed by atoms with Crippen LogP contribution in [0.25, 0.3) is 11.3 Å². The van der Waals surface area contributed by atoms with Gasteiger partial charge in [0.1, 0.15) is 11.5 Å². The number of hydrogen-bond acceptors (Lipinski definition) is 5. The van der Waals surface area contributed by atoms with Crippen molar-refractivity contribution in [1.82, 2.24) is 10.5 Å². The van der Waals surface area contributed by atoms with Crippen LogP contribution in [0, 0.1) is 5.82 Å². The SMILES string of the molecule is C[C@H](NC(=O)c1cc(-c2cccc(F)c2)no1)c1ccc(N2CCOCC2)cc1. The molecule has 7 heteroatoms. The summed E-state index contributed by atoms with van der Waals surface area (Å²) in [4.78, 5) is 14.8. The van der Waals surface area contributed by atoms with E-state index in [-0.39, 0.29) is 23.5 Å². The summed E-state index contributed by atoms with van der Waals surface area (Å²) in [5.41, 5.74) is 3.10. The molecule has 1 amide bonds. The van der Waals surface area contributed by atoms with Crippen molar-refractivity contribution in [1.29, 1.82) is 0 Å². The van der Waals surface area contributed by atoms with Gasteiger partial charge in [-0.05, 0) is 36.8 Å². The largest absolute Gasteiger partial charge is 0.378 e. The van der Waals surface area contributed by atoms with Gasteiger partial charge in [0, 0.05) is 30.4 Å². The molecule has 1 aromatic heterocycles. The molecule has 0 bridgehead atoms. The fraction of sp³-hybridized carbons (Fsp3) is 0.273. The molecule has 0 saturated carbocycles. The molecule has 1 aliphatic heterocycles. The fourth-order valence-corrected chi connectivity index (χ4v) is 3.31. The summed E-state index contributed by atoms with van der Waals surface area (Å²) in [5.74, 6) is -0.656. The van der Waals surface area contributed by atoms with Crippen LogP contribution in [-0.2, 0) is 4.74 Å². The highest BCUT2D eigenvalue weighted by atomic mass is 19.1. The van der Waals surface area contributed by atoms with Gasteiger partial charge in [0.05, 0.1) is 19.3 Å². The number of benzene rings is 2. The van der Waals surface area contributed by atoms with E-state index in [0.717, 1.165) is 37.6 Å². The van der Waals surface area contributed by atoms with Crippen LogP contribution in [-0.4, -0.2) is 37.4 Å². The van der Waals surface area contributed by atoms with E-state index in [1.54, 1.807) is 12.1 Å². The highest BCUT2D eigenvalue weighted by molar-refractivity contribution is 5.92. The number of ether oxygens (including phenoxy) is 1. The summed E-state index contributed by atoms with van der Waals surface area (Å²) in [5, 5.41) is 6.78. The number of aromatic nitrogens is 1. The Morgan fingerprint density at radius 3 is 2.62 bits per heavy atom. The second-order valence-electron chi connectivity index (χ2n) is 6.97. The molecule has 29 heavy (non-hydrogen) atoms. The maximum Gasteiger partial charge on any atom is 0.290 e. The van der Waals surface area contributed by atoms with Crippen LogP contribution in [0.15, 0.2) is 59.1 Å². The van der Waals surface area contributed by atoms with E-state index in [0.29, 0.717) is 11.3 Å². The number of halogens is 1. The number of hydrogen-bond donors (Lipinski definition) is 1. The Kier molecular flexibility index (Phi) is 5.57. The summed E-state index contributed by atoms with van der Waals surface area (Å²) in [6, 6.07) is 15.4. The molecule has 1 saturated heterocycles. The maximum absolute atomic E-state index is 13.4. The molecule has 3 aromatic rings. The Labute approximate surface area is 168 Å². The third kappa shape index (κ3) is 4.46. The second-order valence-corrected chi connectivity index (χ2v) is 6.97. The van der Waals surface area contributed by atoms with E-state index in [2.05, 4.69) is 27.5 Å². The van der Waals surface area contributed by atoms with Crippen molar-refractivity contribution in [2.75, 3.05) is 31.2 Å². The van der Waals surface area contributed by atoms with Crippen molar-refractivity contribution < 1.29 is 18.4 Å². The topological polar surface area (TPSA) is 67.6 Å². The van der Waals surface area contributed by atoms with Gasteiger partial charge in [-0.25, -0.2) is 4.39 Å². The molecule has 1 atom stereocenters. The lowest BCUT2D eigenvalue weighted by Gasteiger charge is -2.29. The van der Waals surface area contributed by atoms with Gasteiger partial charge in [0.15, 0.2) is 0 Å². The summed E-state index contributed by atoms with van der Waals surface area (Å²) >= 11 is 0. The number of morpholine rings is 1. The van der Waals surface area contributed by atoms with Crippen LogP contribution in [0.4, 0.5) is 10.1 Å². The molecule has 150 valence electrons. The number of nitrogens with zero attached hydrogens (tertiary/aromatic N) is 2. The smallest absolute Gasteiger partial charge is 0.290 e. The Balaban J connectivity index is 1.40. The molecule has 1 N–H and O–H groups in total. The zero-order valence-corrected chi connectivity index (χ0v) is 16.1. The predicted octanol–water partition coefficient (Wildman–Crippen LogP) is 3.81. The average Bonchev–Trinajstić information content (AvgIpc) is 3.25. The first-order valence-electron chi connectivity index (χ1n) is 9.56. The summed E-state index contributed by atoms with van der Waals surface area (Å²) in [7, 11) is 0. The Bertz CT molecular complexity index is 981. The highest BCUT2D eigenvalue weighted by Crippen LogP contribution is 2.22. The van der Waals surface area contributed by atoms with Gasteiger partial charge in [-0.2, -0.15) is 0 Å². The van der Waals surface area contributed by atoms with Gasteiger partial charge in [-0.15, -0.1) is 0 Å². The van der Waals surface area contributed by atoms with Crippen LogP contribution in [0.2, 0.25) is 0 Å². The molecule has 0 unspecified atom stereocenters. The van der Waals surface area contributed by atoms with Crippen LogP contribution in [0.1, 0.15) is 29.1 Å². The molecule has 6 nitrogen and oxygen atoms in total. The van der Waals surface area contributed by atoms with Crippen LogP contribution in [0.5, 0.6) is 0 Å². The summed E-state index contributed by atoms with van der Waals surface area (Å²) < 4.78 is 23.9. The predicted molar refractivity (Wildman–Crippen MR) is 107 cm³/mol. The van der Waals surface area contributed by atoms with Crippen molar-refractivity contribution >= 4 is 11.6 Å². The van der Waals surface area contributed by atoms with E-state index < -0.39 is 0 Å². The van der Waals surface area contributed by atoms with Crippen LogP contribution in [0.3, 0.4) is 0 Å². The monoisotopic (exact) mass is 395 g/mol. The van der Waals surface area contributed by atoms with E-state index in [4.69, 9.17) is 9.26 Å². The molecule has 1 aliphatic rings. The number of amides is 1. The molecule has 2 aromatic carbocycles. The quantitative estimate of drug-likeness (QED) is 0.712. The minimum atomic E-state index is -0.370. The van der Waals surface area contributed by atoms with Crippen molar-refractivity contribution in [3.8, 4) is 11.3 Å². The van der Waals surface area contributed by atoms with Crippen LogP contribution >= 0.6 is 0 Å². The molecule has 4 rings (SSSR count). The molecular weight excluding hydrogens is 373 g/mol. The number of rotatable bonds is 5. The van der Waals surface area contributed by atoms with Gasteiger partial charge in [-0.3, -0.25) is 4.79 Å². The van der Waals surface area contributed by atoms with E-state index in [1.165, 1.54) is 18.2 Å². The average molecular weight is 395 g/mol. The number of carbonyl (C=O) groups excluding carboxylic acids is 1. The van der Waals surface area contributed by atoms with Crippen LogP contribution < -0.4 is 10.2 Å². The highest BCUT2D eigenvalue weighted by Gasteiger charge is 2.18. The van der Waals surface area contributed by atoms with Gasteiger partial charge in [0.2, 0.25) is 5.76 Å². The molecule has 1 fully saturated rings. The van der Waals surface area contributed by atoms with Crippen molar-refractivity contribution in [2.24, 2.45) is 0 Å². The lowest BCUT2D eigenvalue weighted by Crippen LogP contribution is -2.36.